The molecule has 0 bridgehead atoms. The van der Waals surface area contributed by atoms with Gasteiger partial charge in [0.25, 0.3) is 0 Å². The van der Waals surface area contributed by atoms with Crippen LogP contribution in [0, 0.1) is 0 Å². The molecule has 0 rings (SSSR count). The maximum Gasteiger partial charge on any atom is 0.333 e. The standard InChI is InChI=1S/C10H16Cl2O3/c1-8(2)10(13)15-5-3-4-14-7-9(12)6-11/h9H,1,3-7H2,2H3. The van der Waals surface area contributed by atoms with Crippen LogP contribution in [0.15, 0.2) is 12.2 Å². The Morgan fingerprint density at radius 2 is 2.13 bits per heavy atom. The molecular formula is C10H16Cl2O3. The number of rotatable bonds is 8. The van der Waals surface area contributed by atoms with Gasteiger partial charge in [-0.2, -0.15) is 0 Å². The Hall–Kier alpha value is -0.250. The molecule has 0 saturated heterocycles. The van der Waals surface area contributed by atoms with Crippen molar-refractivity contribution in [3.05, 3.63) is 12.2 Å². The zero-order valence-corrected chi connectivity index (χ0v) is 10.3. The highest BCUT2D eigenvalue weighted by Crippen LogP contribution is 2.00. The van der Waals surface area contributed by atoms with Crippen molar-refractivity contribution >= 4 is 29.2 Å². The molecule has 1 unspecified atom stereocenters. The Kier molecular flexibility index (Phi) is 8.86. The molecule has 0 N–H and O–H groups in total. The summed E-state index contributed by atoms with van der Waals surface area (Å²) in [5.74, 6) is -0.00220. The van der Waals surface area contributed by atoms with Gasteiger partial charge in [0.2, 0.25) is 0 Å². The van der Waals surface area contributed by atoms with Gasteiger partial charge in [0.05, 0.1) is 18.6 Å². The predicted molar refractivity (Wildman–Crippen MR) is 61.6 cm³/mol. The van der Waals surface area contributed by atoms with E-state index in [0.717, 1.165) is 0 Å². The zero-order chi connectivity index (χ0) is 11.7. The Labute approximate surface area is 100 Å². The lowest BCUT2D eigenvalue weighted by atomic mass is 10.4. The van der Waals surface area contributed by atoms with E-state index in [0.29, 0.717) is 37.7 Å². The van der Waals surface area contributed by atoms with Gasteiger partial charge in [-0.3, -0.25) is 0 Å². The van der Waals surface area contributed by atoms with E-state index >= 15 is 0 Å². The largest absolute Gasteiger partial charge is 0.462 e. The van der Waals surface area contributed by atoms with E-state index in [-0.39, 0.29) is 11.3 Å². The highest BCUT2D eigenvalue weighted by molar-refractivity contribution is 6.28. The molecule has 1 atom stereocenters. The van der Waals surface area contributed by atoms with Crippen LogP contribution in [0.4, 0.5) is 0 Å². The Morgan fingerprint density at radius 3 is 2.67 bits per heavy atom. The van der Waals surface area contributed by atoms with Crippen LogP contribution in [0.2, 0.25) is 0 Å². The first kappa shape index (κ1) is 14.8. The van der Waals surface area contributed by atoms with Gasteiger partial charge in [0, 0.05) is 24.5 Å². The second kappa shape index (κ2) is 9.01. The van der Waals surface area contributed by atoms with Crippen molar-refractivity contribution < 1.29 is 14.3 Å². The lowest BCUT2D eigenvalue weighted by molar-refractivity contribution is -0.139. The fraction of sp³-hybridized carbons (Fsp3) is 0.700. The van der Waals surface area contributed by atoms with Crippen LogP contribution in [0.5, 0.6) is 0 Å². The van der Waals surface area contributed by atoms with E-state index in [1.54, 1.807) is 6.92 Å². The molecule has 0 spiro atoms. The van der Waals surface area contributed by atoms with Crippen LogP contribution in [-0.2, 0) is 14.3 Å². The molecule has 5 heteroatoms. The molecule has 0 amide bonds. The summed E-state index contributed by atoms with van der Waals surface area (Å²) in [6.07, 6.45) is 0.644. The third-order valence-electron chi connectivity index (χ3n) is 1.48. The van der Waals surface area contributed by atoms with Gasteiger partial charge in [-0.25, -0.2) is 4.79 Å². The normalized spacial score (nSPS) is 12.2. The molecule has 0 aromatic carbocycles. The number of hydrogen-bond acceptors (Lipinski definition) is 3. The van der Waals surface area contributed by atoms with Gasteiger partial charge >= 0.3 is 5.97 Å². The third-order valence-corrected chi connectivity index (χ3v) is 2.29. The number of hydrogen-bond donors (Lipinski definition) is 0. The molecule has 3 nitrogen and oxygen atoms in total. The van der Waals surface area contributed by atoms with Gasteiger partial charge in [-0.15, -0.1) is 23.2 Å². The van der Waals surface area contributed by atoms with Gasteiger partial charge in [-0.1, -0.05) is 6.58 Å². The molecular weight excluding hydrogens is 239 g/mol. The molecule has 0 fully saturated rings. The summed E-state index contributed by atoms with van der Waals surface area (Å²) < 4.78 is 10.1. The van der Waals surface area contributed by atoms with Crippen LogP contribution in [-0.4, -0.2) is 37.0 Å². The van der Waals surface area contributed by atoms with E-state index in [2.05, 4.69) is 6.58 Å². The topological polar surface area (TPSA) is 35.5 Å². The predicted octanol–water partition coefficient (Wildman–Crippen LogP) is 2.36. The smallest absolute Gasteiger partial charge is 0.333 e. The Balaban J connectivity index is 3.25. The van der Waals surface area contributed by atoms with Gasteiger partial charge in [0.15, 0.2) is 0 Å². The first-order valence-electron chi connectivity index (χ1n) is 4.68. The van der Waals surface area contributed by atoms with Crippen molar-refractivity contribution in [2.75, 3.05) is 25.7 Å². The zero-order valence-electron chi connectivity index (χ0n) is 8.80. The van der Waals surface area contributed by atoms with E-state index < -0.39 is 0 Å². The van der Waals surface area contributed by atoms with Crippen molar-refractivity contribution in [1.82, 2.24) is 0 Å². The minimum Gasteiger partial charge on any atom is -0.462 e. The summed E-state index contributed by atoms with van der Waals surface area (Å²) in [6.45, 7) is 6.33. The highest BCUT2D eigenvalue weighted by atomic mass is 35.5. The average Bonchev–Trinajstić information content (AvgIpc) is 2.22. The van der Waals surface area contributed by atoms with Gasteiger partial charge < -0.3 is 9.47 Å². The molecule has 0 aromatic rings. The summed E-state index contributed by atoms with van der Waals surface area (Å²) >= 11 is 11.2. The maximum absolute atomic E-state index is 10.9. The number of alkyl halides is 2. The molecule has 0 heterocycles. The quantitative estimate of drug-likeness (QED) is 0.289. The molecule has 0 aliphatic carbocycles. The first-order chi connectivity index (χ1) is 7.07. The number of halogens is 2. The molecule has 15 heavy (non-hydrogen) atoms. The van der Waals surface area contributed by atoms with Gasteiger partial charge in [-0.05, 0) is 6.92 Å². The van der Waals surface area contributed by atoms with Crippen LogP contribution < -0.4 is 0 Å². The Bertz CT molecular complexity index is 207. The lowest BCUT2D eigenvalue weighted by Crippen LogP contribution is -2.13. The summed E-state index contributed by atoms with van der Waals surface area (Å²) in [5.41, 5.74) is 0.402. The summed E-state index contributed by atoms with van der Waals surface area (Å²) in [4.78, 5) is 10.9. The first-order valence-corrected chi connectivity index (χ1v) is 5.65. The molecule has 0 aliphatic rings. The number of esters is 1. The Morgan fingerprint density at radius 1 is 1.47 bits per heavy atom. The highest BCUT2D eigenvalue weighted by Gasteiger charge is 2.03. The summed E-state index contributed by atoms with van der Waals surface area (Å²) in [6, 6.07) is 0. The van der Waals surface area contributed by atoms with Crippen molar-refractivity contribution in [2.45, 2.75) is 18.7 Å². The van der Waals surface area contributed by atoms with Crippen LogP contribution >= 0.6 is 23.2 Å². The lowest BCUT2D eigenvalue weighted by Gasteiger charge is -2.07. The SMILES string of the molecule is C=C(C)C(=O)OCCCOCC(Cl)CCl. The van der Waals surface area contributed by atoms with Crippen molar-refractivity contribution in [3.8, 4) is 0 Å². The van der Waals surface area contributed by atoms with Crippen molar-refractivity contribution in [3.63, 3.8) is 0 Å². The van der Waals surface area contributed by atoms with Crippen LogP contribution in [0.3, 0.4) is 0 Å². The number of carbonyl (C=O) groups excluding carboxylic acids is 1. The maximum atomic E-state index is 10.9. The van der Waals surface area contributed by atoms with Gasteiger partial charge in [0.1, 0.15) is 0 Å². The van der Waals surface area contributed by atoms with E-state index in [1.165, 1.54) is 0 Å². The number of carbonyl (C=O) groups is 1. The second-order valence-corrected chi connectivity index (χ2v) is 4.02. The minimum absolute atomic E-state index is 0.162. The van der Waals surface area contributed by atoms with E-state index in [4.69, 9.17) is 32.7 Å². The van der Waals surface area contributed by atoms with Crippen LogP contribution in [0.1, 0.15) is 13.3 Å². The second-order valence-electron chi connectivity index (χ2n) is 3.10. The molecule has 0 radical (unpaired) electrons. The summed E-state index contributed by atoms with van der Waals surface area (Å²) in [5, 5.41) is -0.162. The molecule has 0 aromatic heterocycles. The fourth-order valence-electron chi connectivity index (χ4n) is 0.705. The fourth-order valence-corrected chi connectivity index (χ4v) is 0.883. The van der Waals surface area contributed by atoms with E-state index in [9.17, 15) is 4.79 Å². The van der Waals surface area contributed by atoms with E-state index in [1.807, 2.05) is 0 Å². The third kappa shape index (κ3) is 8.73. The average molecular weight is 255 g/mol. The monoisotopic (exact) mass is 254 g/mol. The van der Waals surface area contributed by atoms with Crippen molar-refractivity contribution in [2.24, 2.45) is 0 Å². The molecule has 0 saturated carbocycles. The minimum atomic E-state index is -0.369. The summed E-state index contributed by atoms with van der Waals surface area (Å²) in [7, 11) is 0. The molecule has 88 valence electrons. The molecule has 0 aliphatic heterocycles. The number of ether oxygens (including phenoxy) is 2. The van der Waals surface area contributed by atoms with Crippen molar-refractivity contribution in [1.29, 1.82) is 0 Å². The van der Waals surface area contributed by atoms with Crippen LogP contribution in [0.25, 0.3) is 0 Å².